The molecule has 0 aromatic heterocycles. The summed E-state index contributed by atoms with van der Waals surface area (Å²) in [5.74, 6) is 0. The molecule has 0 aromatic carbocycles. The first-order chi connectivity index (χ1) is 1.00. The maximum absolute atomic E-state index is 8.10. The van der Waals surface area contributed by atoms with Gasteiger partial charge in [0.2, 0.25) is 0 Å². The first-order valence-corrected chi connectivity index (χ1v) is 0.764. The molecule has 0 saturated carbocycles. The number of hydrogen-bond acceptors (Lipinski definition) is 1. The molecule has 0 aliphatic rings. The second-order valence-corrected chi connectivity index (χ2v) is 0. The van der Waals surface area contributed by atoms with E-state index in [0.717, 1.165) is 0 Å². The molecule has 1 nitrogen and oxygen atoms in total. The van der Waals surface area contributed by atoms with Gasteiger partial charge in [-0.2, -0.15) is 0 Å². The van der Waals surface area contributed by atoms with Crippen molar-refractivity contribution in [2.45, 2.75) is 0 Å². The molecule has 0 unspecified atom stereocenters. The molecule has 40 valence electrons. The maximum Gasteiger partial charge on any atom is 2.00 e. The molecule has 0 atom stereocenters. The summed E-state index contributed by atoms with van der Waals surface area (Å²) in [4.78, 5) is 0. The molecule has 5 heteroatoms. The zero-order chi connectivity index (χ0) is 2.00. The molecule has 0 heterocycles. The van der Waals surface area contributed by atoms with Crippen molar-refractivity contribution in [3.05, 3.63) is 0 Å². The Labute approximate surface area is 67.4 Å². The van der Waals surface area contributed by atoms with Crippen LogP contribution < -0.4 is 24.8 Å². The predicted octanol–water partition coefficient (Wildman–Crippen LogP) is -6.12. The van der Waals surface area contributed by atoms with Crippen LogP contribution in [-0.2, 0) is 43.1 Å². The summed E-state index contributed by atoms with van der Waals surface area (Å²) in [6.45, 7) is 0. The number of hydrogen-bond donors (Lipinski definition) is 0. The van der Waals surface area contributed by atoms with E-state index >= 15 is 0 Å². The fraction of sp³-hybridized carbons (Fsp3) is 0. The van der Waals surface area contributed by atoms with E-state index in [2.05, 4.69) is 0 Å². The van der Waals surface area contributed by atoms with Crippen molar-refractivity contribution in [1.29, 1.82) is 0 Å². The summed E-state index contributed by atoms with van der Waals surface area (Å²) >= 11 is 1.50. The summed E-state index contributed by atoms with van der Waals surface area (Å²) in [7, 11) is 0. The zero-order valence-corrected chi connectivity index (χ0v) is 6.42. The molecule has 0 fully saturated rings. The monoisotopic (exact) mass is 298 g/mol. The predicted molar refractivity (Wildman–Crippen MR) is 0.686 cm³/mol. The summed E-state index contributed by atoms with van der Waals surface area (Å²) in [6.07, 6.45) is 0. The Hall–Kier alpha value is 1.70. The largest absolute Gasteiger partial charge is 2.00 e. The molecule has 0 bridgehead atoms. The first kappa shape index (κ1) is 29.8. The topological polar surface area (TPSA) is 17.1 Å². The number of rotatable bonds is 0. The molecule has 0 saturated heterocycles. The van der Waals surface area contributed by atoms with Gasteiger partial charge in [-0.05, 0) is 0 Å². The molecule has 0 aromatic rings. The quantitative estimate of drug-likeness (QED) is 0.407. The van der Waals surface area contributed by atoms with E-state index < -0.39 is 0 Å². The minimum absolute atomic E-state index is 0. The average Bonchev–Trinajstić information content (AvgIpc) is 1.00. The zero-order valence-electron chi connectivity index (χ0n) is 1.80. The van der Waals surface area contributed by atoms with Crippen LogP contribution in [0.25, 0.3) is 0 Å². The summed E-state index contributed by atoms with van der Waals surface area (Å²) in [5.41, 5.74) is 0. The van der Waals surface area contributed by atoms with Crippen LogP contribution in [0.4, 0.5) is 0 Å². The van der Waals surface area contributed by atoms with Crippen molar-refractivity contribution in [3.8, 4) is 0 Å². The van der Waals surface area contributed by atoms with E-state index in [9.17, 15) is 0 Å². The van der Waals surface area contributed by atoms with E-state index in [0.29, 0.717) is 0 Å². The molecule has 0 aliphatic heterocycles. The first-order valence-electron chi connectivity index (χ1n) is 0.129. The Kier molecular flexibility index (Phi) is 259. The average molecular weight is 300 g/mol. The second kappa shape index (κ2) is 43.5. The Morgan fingerprint density at radius 2 is 1.00 bits per heavy atom. The van der Waals surface area contributed by atoms with Crippen LogP contribution in [0.5, 0.6) is 0 Å². The van der Waals surface area contributed by atoms with Gasteiger partial charge in [-0.1, -0.05) is 0 Å². The molecule has 0 spiro atoms. The van der Waals surface area contributed by atoms with E-state index in [4.69, 9.17) is 3.47 Å². The summed E-state index contributed by atoms with van der Waals surface area (Å²) < 4.78 is 8.10. The Bertz CT molecular complexity index is 7.61. The molecular formula is Cl2OPd2. The van der Waals surface area contributed by atoms with Crippen molar-refractivity contribution < 1.29 is 67.9 Å². The summed E-state index contributed by atoms with van der Waals surface area (Å²) in [6, 6.07) is 0. The third-order valence-electron chi connectivity index (χ3n) is 0. The van der Waals surface area contributed by atoms with Crippen molar-refractivity contribution in [3.63, 3.8) is 0 Å². The molecule has 0 aliphatic carbocycles. The summed E-state index contributed by atoms with van der Waals surface area (Å²) in [5, 5.41) is 0. The van der Waals surface area contributed by atoms with Gasteiger partial charge in [0.15, 0.2) is 0 Å². The molecule has 5 heavy (non-hydrogen) atoms. The third-order valence-corrected chi connectivity index (χ3v) is 0. The van der Waals surface area contributed by atoms with Gasteiger partial charge in [-0.25, -0.2) is 0 Å². The van der Waals surface area contributed by atoms with E-state index in [-0.39, 0.29) is 45.2 Å². The minimum atomic E-state index is 0. The Morgan fingerprint density at radius 3 is 1.00 bits per heavy atom. The van der Waals surface area contributed by atoms with Crippen LogP contribution in [0.15, 0.2) is 0 Å². The van der Waals surface area contributed by atoms with Crippen LogP contribution in [0.1, 0.15) is 0 Å². The molecule has 0 N–H and O–H groups in total. The van der Waals surface area contributed by atoms with Crippen molar-refractivity contribution in [1.82, 2.24) is 0 Å². The minimum Gasteiger partial charge on any atom is 2.00 e. The molecule has 0 radical (unpaired) electrons. The van der Waals surface area contributed by atoms with E-state index in [1.165, 1.54) is 19.2 Å². The van der Waals surface area contributed by atoms with Crippen LogP contribution >= 0.6 is 0 Å². The van der Waals surface area contributed by atoms with Crippen LogP contribution in [0.2, 0.25) is 0 Å². The van der Waals surface area contributed by atoms with Gasteiger partial charge in [0.25, 0.3) is 0 Å². The van der Waals surface area contributed by atoms with Crippen LogP contribution in [0.3, 0.4) is 0 Å². The van der Waals surface area contributed by atoms with Crippen molar-refractivity contribution >= 4 is 0 Å². The van der Waals surface area contributed by atoms with Gasteiger partial charge in [0.1, 0.15) is 0 Å². The van der Waals surface area contributed by atoms with E-state index in [1.807, 2.05) is 0 Å². The van der Waals surface area contributed by atoms with Crippen LogP contribution in [-0.4, -0.2) is 0 Å². The van der Waals surface area contributed by atoms with Gasteiger partial charge < -0.3 is 24.8 Å². The normalized spacial score (nSPS) is 1.20. The molecule has 0 amide bonds. The van der Waals surface area contributed by atoms with Gasteiger partial charge >= 0.3 is 43.1 Å². The fourth-order valence-corrected chi connectivity index (χ4v) is 0. The smallest absolute Gasteiger partial charge is 2.00 e. The number of halogens is 2. The van der Waals surface area contributed by atoms with Gasteiger partial charge in [-0.3, -0.25) is 0 Å². The van der Waals surface area contributed by atoms with Gasteiger partial charge in [0.05, 0.1) is 0 Å². The third kappa shape index (κ3) is 26.9. The fourth-order valence-electron chi connectivity index (χ4n) is 0. The Balaban J connectivity index is -0.00000000167. The van der Waals surface area contributed by atoms with Crippen LogP contribution in [0, 0.1) is 0 Å². The Morgan fingerprint density at radius 1 is 1.00 bits per heavy atom. The van der Waals surface area contributed by atoms with Crippen molar-refractivity contribution in [2.75, 3.05) is 0 Å². The van der Waals surface area contributed by atoms with Crippen molar-refractivity contribution in [2.24, 2.45) is 0 Å². The van der Waals surface area contributed by atoms with Gasteiger partial charge in [0, 0.05) is 0 Å². The molecular weight excluding hydrogens is 300 g/mol. The second-order valence-electron chi connectivity index (χ2n) is 0. The SMILES string of the molecule is [Cl-].[Cl-].[O]=[Pd].[Pd+2]. The molecule has 0 rings (SSSR count). The standard InChI is InChI=1S/2ClH.O.2Pd/h2*1H;;;/q;;;;+2/p-2. The maximum atomic E-state index is 8.10. The van der Waals surface area contributed by atoms with E-state index in [1.54, 1.807) is 0 Å². The van der Waals surface area contributed by atoms with Gasteiger partial charge in [-0.15, -0.1) is 0 Å².